The number of hydrogen-bond acceptors (Lipinski definition) is 4. The molecule has 0 aliphatic heterocycles. The van der Waals surface area contributed by atoms with Crippen LogP contribution in [0.3, 0.4) is 0 Å². The third-order valence-electron chi connectivity index (χ3n) is 2.03. The Morgan fingerprint density at radius 2 is 1.81 bits per heavy atom. The highest BCUT2D eigenvalue weighted by molar-refractivity contribution is 5.69. The highest BCUT2D eigenvalue weighted by atomic mass is 16.5. The molecule has 0 saturated carbocycles. The predicted octanol–water partition coefficient (Wildman–Crippen LogP) is 1.17. The van der Waals surface area contributed by atoms with Crippen molar-refractivity contribution >= 4 is 11.9 Å². The second kappa shape index (κ2) is 10.4. The van der Waals surface area contributed by atoms with Gasteiger partial charge in [0.15, 0.2) is 0 Å². The van der Waals surface area contributed by atoms with Gasteiger partial charge in [-0.3, -0.25) is 9.59 Å². The minimum Gasteiger partial charge on any atom is -0.481 e. The minimum atomic E-state index is -0.748. The first-order valence-corrected chi connectivity index (χ1v) is 5.75. The average molecular weight is 231 g/mol. The number of hydrogen-bond donors (Lipinski definition) is 2. The quantitative estimate of drug-likeness (QED) is 0.436. The fourth-order valence-electron chi connectivity index (χ4n) is 1.24. The predicted molar refractivity (Wildman–Crippen MR) is 60.2 cm³/mol. The summed E-state index contributed by atoms with van der Waals surface area (Å²) in [4.78, 5) is 21.1. The minimum absolute atomic E-state index is 0.157. The number of rotatable bonds is 10. The Bertz CT molecular complexity index is 206. The molecular formula is C11H21NO4. The van der Waals surface area contributed by atoms with Crippen molar-refractivity contribution in [1.29, 1.82) is 0 Å². The highest BCUT2D eigenvalue weighted by Crippen LogP contribution is 1.94. The van der Waals surface area contributed by atoms with Gasteiger partial charge in [0.2, 0.25) is 0 Å². The molecule has 0 aromatic carbocycles. The van der Waals surface area contributed by atoms with Crippen molar-refractivity contribution in [2.24, 2.45) is 0 Å². The van der Waals surface area contributed by atoms with Gasteiger partial charge in [-0.2, -0.15) is 0 Å². The van der Waals surface area contributed by atoms with Crippen LogP contribution in [0.25, 0.3) is 0 Å². The first-order chi connectivity index (χ1) is 7.66. The summed E-state index contributed by atoms with van der Waals surface area (Å²) >= 11 is 0. The van der Waals surface area contributed by atoms with Crippen LogP contribution in [-0.4, -0.2) is 36.7 Å². The van der Waals surface area contributed by atoms with Gasteiger partial charge in [-0.25, -0.2) is 0 Å². The number of unbranched alkanes of at least 4 members (excludes halogenated alkanes) is 1. The third-order valence-corrected chi connectivity index (χ3v) is 2.03. The van der Waals surface area contributed by atoms with Crippen LogP contribution >= 0.6 is 0 Å². The Labute approximate surface area is 96.2 Å². The Morgan fingerprint density at radius 1 is 1.12 bits per heavy atom. The van der Waals surface area contributed by atoms with E-state index in [1.165, 1.54) is 0 Å². The molecule has 0 rings (SSSR count). The van der Waals surface area contributed by atoms with E-state index in [9.17, 15) is 9.59 Å². The lowest BCUT2D eigenvalue weighted by molar-refractivity contribution is -0.143. The van der Waals surface area contributed by atoms with Gasteiger partial charge in [0, 0.05) is 12.8 Å². The molecule has 2 N–H and O–H groups in total. The lowest BCUT2D eigenvalue weighted by atomic mass is 10.2. The van der Waals surface area contributed by atoms with E-state index in [1.807, 2.05) is 0 Å². The summed E-state index contributed by atoms with van der Waals surface area (Å²) in [6.07, 6.45) is 2.98. The van der Waals surface area contributed by atoms with E-state index in [-0.39, 0.29) is 12.4 Å². The number of carboxylic acid groups (broad SMARTS) is 1. The van der Waals surface area contributed by atoms with Gasteiger partial charge in [-0.05, 0) is 39.3 Å². The van der Waals surface area contributed by atoms with Crippen molar-refractivity contribution < 1.29 is 19.4 Å². The summed E-state index contributed by atoms with van der Waals surface area (Å²) in [5, 5.41) is 11.5. The number of carbonyl (C=O) groups is 2. The van der Waals surface area contributed by atoms with Crippen LogP contribution in [0.15, 0.2) is 0 Å². The molecule has 0 spiro atoms. The molecule has 0 atom stereocenters. The van der Waals surface area contributed by atoms with Crippen LogP contribution in [0.4, 0.5) is 0 Å². The van der Waals surface area contributed by atoms with E-state index in [2.05, 4.69) is 5.32 Å². The SMILES string of the molecule is CCOC(=O)CCCNCCCCC(=O)O. The van der Waals surface area contributed by atoms with Crippen molar-refractivity contribution in [2.45, 2.75) is 39.0 Å². The van der Waals surface area contributed by atoms with Crippen LogP contribution in [0.5, 0.6) is 0 Å². The smallest absolute Gasteiger partial charge is 0.305 e. The summed E-state index contributed by atoms with van der Waals surface area (Å²) in [6.45, 7) is 3.79. The summed E-state index contributed by atoms with van der Waals surface area (Å²) in [6, 6.07) is 0. The van der Waals surface area contributed by atoms with Crippen molar-refractivity contribution in [3.63, 3.8) is 0 Å². The molecule has 0 aromatic rings. The standard InChI is InChI=1S/C11H21NO4/c1-2-16-11(15)7-5-9-12-8-4-3-6-10(13)14/h12H,2-9H2,1H3,(H,13,14). The Hall–Kier alpha value is -1.10. The summed E-state index contributed by atoms with van der Waals surface area (Å²) in [5.41, 5.74) is 0. The van der Waals surface area contributed by atoms with Crippen molar-refractivity contribution in [3.05, 3.63) is 0 Å². The molecule has 0 saturated heterocycles. The van der Waals surface area contributed by atoms with Crippen LogP contribution in [0, 0.1) is 0 Å². The zero-order valence-corrected chi connectivity index (χ0v) is 9.83. The second-order valence-corrected chi connectivity index (χ2v) is 3.51. The van der Waals surface area contributed by atoms with E-state index < -0.39 is 5.97 Å². The molecule has 0 unspecified atom stereocenters. The Kier molecular flexibility index (Phi) is 9.70. The fourth-order valence-corrected chi connectivity index (χ4v) is 1.24. The number of carbonyl (C=O) groups excluding carboxylic acids is 1. The lowest BCUT2D eigenvalue weighted by Crippen LogP contribution is -2.18. The number of aliphatic carboxylic acids is 1. The lowest BCUT2D eigenvalue weighted by Gasteiger charge is -2.04. The van der Waals surface area contributed by atoms with Gasteiger partial charge in [0.05, 0.1) is 6.61 Å². The highest BCUT2D eigenvalue weighted by Gasteiger charge is 2.00. The van der Waals surface area contributed by atoms with E-state index in [0.29, 0.717) is 19.4 Å². The largest absolute Gasteiger partial charge is 0.481 e. The van der Waals surface area contributed by atoms with Gasteiger partial charge in [-0.15, -0.1) is 0 Å². The normalized spacial score (nSPS) is 10.1. The van der Waals surface area contributed by atoms with Crippen LogP contribution in [0.2, 0.25) is 0 Å². The molecule has 0 heterocycles. The number of nitrogens with one attached hydrogen (secondary N) is 1. The first kappa shape index (κ1) is 14.9. The molecule has 0 aliphatic rings. The van der Waals surface area contributed by atoms with Gasteiger partial charge in [0.1, 0.15) is 0 Å². The fraction of sp³-hybridized carbons (Fsp3) is 0.818. The van der Waals surface area contributed by atoms with E-state index in [4.69, 9.17) is 9.84 Å². The van der Waals surface area contributed by atoms with Gasteiger partial charge in [0.25, 0.3) is 0 Å². The summed E-state index contributed by atoms with van der Waals surface area (Å²) in [7, 11) is 0. The number of ether oxygens (including phenoxy) is 1. The maximum Gasteiger partial charge on any atom is 0.305 e. The van der Waals surface area contributed by atoms with Crippen molar-refractivity contribution in [3.8, 4) is 0 Å². The van der Waals surface area contributed by atoms with Gasteiger partial charge >= 0.3 is 11.9 Å². The van der Waals surface area contributed by atoms with Crippen LogP contribution in [-0.2, 0) is 14.3 Å². The molecule has 0 amide bonds. The van der Waals surface area contributed by atoms with Crippen molar-refractivity contribution in [2.75, 3.05) is 19.7 Å². The maximum atomic E-state index is 10.9. The summed E-state index contributed by atoms with van der Waals surface area (Å²) in [5.74, 6) is -0.905. The molecule has 0 bridgehead atoms. The average Bonchev–Trinajstić information content (AvgIpc) is 2.22. The summed E-state index contributed by atoms with van der Waals surface area (Å²) < 4.78 is 4.78. The van der Waals surface area contributed by atoms with Crippen LogP contribution in [0.1, 0.15) is 39.0 Å². The van der Waals surface area contributed by atoms with E-state index in [0.717, 1.165) is 25.9 Å². The molecular weight excluding hydrogens is 210 g/mol. The third kappa shape index (κ3) is 11.0. The number of carboxylic acids is 1. The topological polar surface area (TPSA) is 75.6 Å². The molecule has 5 heteroatoms. The Morgan fingerprint density at radius 3 is 2.44 bits per heavy atom. The zero-order chi connectivity index (χ0) is 12.2. The van der Waals surface area contributed by atoms with Crippen molar-refractivity contribution in [1.82, 2.24) is 5.32 Å². The number of esters is 1. The monoisotopic (exact) mass is 231 g/mol. The molecule has 94 valence electrons. The molecule has 16 heavy (non-hydrogen) atoms. The second-order valence-electron chi connectivity index (χ2n) is 3.51. The zero-order valence-electron chi connectivity index (χ0n) is 9.83. The molecule has 0 aromatic heterocycles. The molecule has 0 aliphatic carbocycles. The van der Waals surface area contributed by atoms with Gasteiger partial charge < -0.3 is 15.2 Å². The van der Waals surface area contributed by atoms with Gasteiger partial charge in [-0.1, -0.05) is 0 Å². The maximum absolute atomic E-state index is 10.9. The molecule has 5 nitrogen and oxygen atoms in total. The first-order valence-electron chi connectivity index (χ1n) is 5.75. The van der Waals surface area contributed by atoms with E-state index in [1.54, 1.807) is 6.92 Å². The molecule has 0 radical (unpaired) electrons. The van der Waals surface area contributed by atoms with Crippen LogP contribution < -0.4 is 5.32 Å². The van der Waals surface area contributed by atoms with E-state index >= 15 is 0 Å². The Balaban J connectivity index is 3.09. The molecule has 0 fully saturated rings.